The first-order chi connectivity index (χ1) is 18.2. The van der Waals surface area contributed by atoms with Crippen LogP contribution in [0.4, 0.5) is 0 Å². The number of sulfone groups is 1. The van der Waals surface area contributed by atoms with Crippen LogP contribution in [0.25, 0.3) is 0 Å². The van der Waals surface area contributed by atoms with Gasteiger partial charge in [0.2, 0.25) is 5.91 Å². The smallest absolute Gasteiger partial charge is 0.304 e. The summed E-state index contributed by atoms with van der Waals surface area (Å²) in [4.78, 5) is 28.5. The number of likely N-dealkylation sites (tertiary alicyclic amines) is 1. The molecule has 9 heteroatoms. The predicted molar refractivity (Wildman–Crippen MR) is 155 cm³/mol. The summed E-state index contributed by atoms with van der Waals surface area (Å²) in [6.45, 7) is 6.87. The maximum absolute atomic E-state index is 14.6. The molecule has 1 unspecified atom stereocenters. The van der Waals surface area contributed by atoms with Crippen molar-refractivity contribution in [2.45, 2.75) is 82.5 Å². The number of rotatable bonds is 9. The predicted octanol–water partition coefficient (Wildman–Crippen LogP) is 6.91. The molecular weight excluding hydrogens is 557 g/mol. The molecule has 2 aromatic carbocycles. The molecule has 2 aromatic rings. The number of amides is 1. The molecular formula is C30H37Cl2NO5S. The van der Waals surface area contributed by atoms with E-state index in [-0.39, 0.29) is 29.9 Å². The van der Waals surface area contributed by atoms with Crippen LogP contribution >= 0.6 is 23.2 Å². The lowest BCUT2D eigenvalue weighted by atomic mass is 9.65. The second-order valence-electron chi connectivity index (χ2n) is 12.1. The summed E-state index contributed by atoms with van der Waals surface area (Å²) in [6.07, 6.45) is 1.94. The van der Waals surface area contributed by atoms with Gasteiger partial charge in [-0.15, -0.1) is 0 Å². The van der Waals surface area contributed by atoms with Crippen LogP contribution in [0.15, 0.2) is 48.5 Å². The molecule has 0 spiro atoms. The van der Waals surface area contributed by atoms with Gasteiger partial charge in [0.25, 0.3) is 0 Å². The highest BCUT2D eigenvalue weighted by Gasteiger charge is 2.56. The van der Waals surface area contributed by atoms with Crippen molar-refractivity contribution in [3.63, 3.8) is 0 Å². The normalized spacial score (nSPS) is 25.0. The number of benzene rings is 2. The molecule has 0 bridgehead atoms. The lowest BCUT2D eigenvalue weighted by Crippen LogP contribution is -2.59. The molecule has 39 heavy (non-hydrogen) atoms. The van der Waals surface area contributed by atoms with E-state index in [9.17, 15) is 23.1 Å². The van der Waals surface area contributed by atoms with Crippen molar-refractivity contribution >= 4 is 44.9 Å². The van der Waals surface area contributed by atoms with E-state index in [4.69, 9.17) is 23.2 Å². The molecule has 1 saturated carbocycles. The van der Waals surface area contributed by atoms with E-state index >= 15 is 0 Å². The number of nitrogens with zero attached hydrogens (tertiary/aromatic N) is 1. The van der Waals surface area contributed by atoms with Gasteiger partial charge < -0.3 is 10.0 Å². The number of halogens is 2. The van der Waals surface area contributed by atoms with Gasteiger partial charge in [-0.2, -0.15) is 0 Å². The first-order valence-corrected chi connectivity index (χ1v) is 15.9. The van der Waals surface area contributed by atoms with E-state index in [1.807, 2.05) is 37.3 Å². The van der Waals surface area contributed by atoms with Crippen molar-refractivity contribution in [3.8, 4) is 0 Å². The van der Waals surface area contributed by atoms with Gasteiger partial charge in [-0.3, -0.25) is 9.59 Å². The van der Waals surface area contributed by atoms with Gasteiger partial charge in [0.15, 0.2) is 9.84 Å². The maximum atomic E-state index is 14.6. The summed E-state index contributed by atoms with van der Waals surface area (Å²) in [7, 11) is -3.60. The van der Waals surface area contributed by atoms with Crippen LogP contribution < -0.4 is 0 Å². The average molecular weight is 595 g/mol. The minimum absolute atomic E-state index is 0.0263. The van der Waals surface area contributed by atoms with E-state index in [0.29, 0.717) is 22.9 Å². The van der Waals surface area contributed by atoms with E-state index in [2.05, 4.69) is 0 Å². The van der Waals surface area contributed by atoms with Crippen molar-refractivity contribution < 1.29 is 23.1 Å². The zero-order chi connectivity index (χ0) is 28.8. The Balaban J connectivity index is 1.97. The molecule has 1 heterocycles. The van der Waals surface area contributed by atoms with Crippen molar-refractivity contribution in [1.82, 2.24) is 4.90 Å². The van der Waals surface area contributed by atoms with Crippen LogP contribution in [0.2, 0.25) is 10.0 Å². The Morgan fingerprint density at radius 1 is 1.08 bits per heavy atom. The van der Waals surface area contributed by atoms with E-state index in [1.54, 1.807) is 43.9 Å². The summed E-state index contributed by atoms with van der Waals surface area (Å²) in [5, 5.41) is 11.0. The van der Waals surface area contributed by atoms with Crippen LogP contribution in [-0.2, 0) is 19.4 Å². The van der Waals surface area contributed by atoms with Crippen molar-refractivity contribution in [2.24, 2.45) is 11.3 Å². The van der Waals surface area contributed by atoms with E-state index < -0.39 is 38.1 Å². The zero-order valence-corrected chi connectivity index (χ0v) is 25.2. The van der Waals surface area contributed by atoms with Gasteiger partial charge in [0.1, 0.15) is 0 Å². The minimum atomic E-state index is -3.60. The zero-order valence-electron chi connectivity index (χ0n) is 22.9. The molecule has 1 aliphatic carbocycles. The number of carboxylic acids is 1. The van der Waals surface area contributed by atoms with Crippen molar-refractivity contribution in [2.75, 3.05) is 5.75 Å². The maximum Gasteiger partial charge on any atom is 0.304 e. The standard InChI is InChI=1S/C30H37Cl2NO5S/c1-5-30(17-26(34)35)16-24(21-7-6-8-23(32)15-21)27(20-11-13-22(31)14-12-20)33(28(30)36)25(19-9-10-19)18-39(37,38)29(2,3)4/h6-8,11-15,19,24-25,27H,5,9-10,16-18H2,1-4H3,(H,34,35)/t24-,25?,27-,30-/m1/s1. The Hall–Kier alpha value is -2.09. The first-order valence-electron chi connectivity index (χ1n) is 13.5. The molecule has 2 aliphatic rings. The lowest BCUT2D eigenvalue weighted by Gasteiger charge is -2.53. The topological polar surface area (TPSA) is 91.8 Å². The monoisotopic (exact) mass is 593 g/mol. The van der Waals surface area contributed by atoms with Crippen LogP contribution in [0.5, 0.6) is 0 Å². The molecule has 0 aromatic heterocycles. The van der Waals surface area contributed by atoms with Gasteiger partial charge >= 0.3 is 5.97 Å². The molecule has 1 N–H and O–H groups in total. The Labute approximate surface area is 241 Å². The molecule has 2 fully saturated rings. The third kappa shape index (κ3) is 6.15. The fourth-order valence-corrected chi connectivity index (χ4v) is 7.63. The Bertz CT molecular complexity index is 1330. The molecule has 1 saturated heterocycles. The fraction of sp³-hybridized carbons (Fsp3) is 0.533. The van der Waals surface area contributed by atoms with Gasteiger partial charge in [-0.1, -0.05) is 54.4 Å². The fourth-order valence-electron chi connectivity index (χ4n) is 5.92. The SMILES string of the molecule is CC[C@]1(CC(=O)O)C[C@H](c2cccc(Cl)c2)[C@@H](c2ccc(Cl)cc2)N(C(CS(=O)(=O)C(C)(C)C)C2CC2)C1=O. The van der Waals surface area contributed by atoms with Crippen LogP contribution in [0, 0.1) is 11.3 Å². The first kappa shape index (κ1) is 29.9. The van der Waals surface area contributed by atoms with Gasteiger partial charge in [-0.05, 0) is 87.8 Å². The number of carbonyl (C=O) groups excluding carboxylic acids is 1. The van der Waals surface area contributed by atoms with Gasteiger partial charge in [-0.25, -0.2) is 8.42 Å². The average Bonchev–Trinajstić information content (AvgIpc) is 3.69. The summed E-state index contributed by atoms with van der Waals surface area (Å²) in [5.41, 5.74) is 0.536. The molecule has 1 amide bonds. The molecule has 4 rings (SSSR count). The van der Waals surface area contributed by atoms with E-state index in [1.165, 1.54) is 0 Å². The third-order valence-corrected chi connectivity index (χ3v) is 11.6. The third-order valence-electron chi connectivity index (χ3n) is 8.48. The number of carboxylic acid groups (broad SMARTS) is 1. The molecule has 212 valence electrons. The quantitative estimate of drug-likeness (QED) is 0.341. The second-order valence-corrected chi connectivity index (χ2v) is 15.7. The number of carbonyl (C=O) groups is 2. The summed E-state index contributed by atoms with van der Waals surface area (Å²) < 4.78 is 26.1. The second kappa shape index (κ2) is 11.1. The molecule has 0 radical (unpaired) electrons. The number of hydrogen-bond acceptors (Lipinski definition) is 4. The Kier molecular flexibility index (Phi) is 8.47. The van der Waals surface area contributed by atoms with Crippen molar-refractivity contribution in [1.29, 1.82) is 0 Å². The number of aliphatic carboxylic acids is 1. The van der Waals surface area contributed by atoms with Gasteiger partial charge in [0.05, 0.1) is 28.4 Å². The Morgan fingerprint density at radius 3 is 2.23 bits per heavy atom. The lowest BCUT2D eigenvalue weighted by molar-refractivity contribution is -0.162. The molecule has 1 aliphatic heterocycles. The summed E-state index contributed by atoms with van der Waals surface area (Å²) >= 11 is 12.7. The highest BCUT2D eigenvalue weighted by molar-refractivity contribution is 7.92. The summed E-state index contributed by atoms with van der Waals surface area (Å²) in [6, 6.07) is 13.6. The number of piperidine rings is 1. The highest BCUT2D eigenvalue weighted by Crippen LogP contribution is 2.55. The van der Waals surface area contributed by atoms with E-state index in [0.717, 1.165) is 24.0 Å². The minimum Gasteiger partial charge on any atom is -0.481 e. The molecule has 6 nitrogen and oxygen atoms in total. The molecule has 4 atom stereocenters. The van der Waals surface area contributed by atoms with Crippen molar-refractivity contribution in [3.05, 3.63) is 69.7 Å². The van der Waals surface area contributed by atoms with Gasteiger partial charge in [0, 0.05) is 22.0 Å². The Morgan fingerprint density at radius 2 is 1.72 bits per heavy atom. The van der Waals surface area contributed by atoms with Crippen LogP contribution in [0.1, 0.15) is 82.9 Å². The highest BCUT2D eigenvalue weighted by atomic mass is 35.5. The van der Waals surface area contributed by atoms with Crippen LogP contribution in [0.3, 0.4) is 0 Å². The van der Waals surface area contributed by atoms with Crippen LogP contribution in [-0.4, -0.2) is 46.8 Å². The largest absolute Gasteiger partial charge is 0.481 e. The number of hydrogen-bond donors (Lipinski definition) is 1. The summed E-state index contributed by atoms with van der Waals surface area (Å²) in [5.74, 6) is -1.79.